The highest BCUT2D eigenvalue weighted by Crippen LogP contribution is 2.24. The van der Waals surface area contributed by atoms with Crippen molar-refractivity contribution in [3.8, 4) is 0 Å². The molecule has 1 aromatic carbocycles. The van der Waals surface area contributed by atoms with Gasteiger partial charge in [0.15, 0.2) is 0 Å². The molecule has 1 aliphatic heterocycles. The molecular formula is C20H21N5O3. The van der Waals surface area contributed by atoms with Crippen LogP contribution < -0.4 is 0 Å². The number of aryl methyl sites for hydroxylation is 1. The van der Waals surface area contributed by atoms with E-state index in [1.165, 1.54) is 0 Å². The molecule has 1 fully saturated rings. The van der Waals surface area contributed by atoms with Gasteiger partial charge in [0, 0.05) is 25.0 Å². The average Bonchev–Trinajstić information content (AvgIpc) is 3.14. The van der Waals surface area contributed by atoms with E-state index in [2.05, 4.69) is 15.1 Å². The number of carboxylic acids is 1. The van der Waals surface area contributed by atoms with Gasteiger partial charge in [0.2, 0.25) is 5.82 Å². The van der Waals surface area contributed by atoms with Crippen LogP contribution in [0.25, 0.3) is 5.78 Å². The van der Waals surface area contributed by atoms with Crippen molar-refractivity contribution in [2.24, 2.45) is 5.92 Å². The fraction of sp³-hybridized carbons (Fsp3) is 0.350. The summed E-state index contributed by atoms with van der Waals surface area (Å²) in [6.07, 6.45) is 4.00. The van der Waals surface area contributed by atoms with Crippen LogP contribution >= 0.6 is 0 Å². The van der Waals surface area contributed by atoms with Gasteiger partial charge in [-0.25, -0.2) is 14.3 Å². The number of aromatic carboxylic acids is 1. The van der Waals surface area contributed by atoms with Crippen LogP contribution in [-0.4, -0.2) is 54.6 Å². The van der Waals surface area contributed by atoms with Crippen molar-refractivity contribution in [2.45, 2.75) is 26.2 Å². The Bertz CT molecular complexity index is 1040. The standard InChI is InChI=1S/C20H21N5O3/c1-13-6-9-21-20-22-17(23-25(13)20)18(26)24-10-7-14(8-11-24)12-15-4-2-3-5-16(15)19(27)28/h2-6,9,14H,7-8,10-12H2,1H3,(H,27,28). The maximum absolute atomic E-state index is 12.8. The van der Waals surface area contributed by atoms with E-state index in [1.807, 2.05) is 25.1 Å². The molecule has 0 bridgehead atoms. The van der Waals surface area contributed by atoms with Crippen molar-refractivity contribution in [2.75, 3.05) is 13.1 Å². The second kappa shape index (κ2) is 7.38. The average molecular weight is 379 g/mol. The lowest BCUT2D eigenvalue weighted by Gasteiger charge is -2.31. The molecule has 0 unspecified atom stereocenters. The molecule has 8 nitrogen and oxygen atoms in total. The smallest absolute Gasteiger partial charge is 0.335 e. The summed E-state index contributed by atoms with van der Waals surface area (Å²) in [5, 5.41) is 13.6. The van der Waals surface area contributed by atoms with Gasteiger partial charge in [-0.1, -0.05) is 18.2 Å². The summed E-state index contributed by atoms with van der Waals surface area (Å²) in [5.41, 5.74) is 2.08. The molecule has 144 valence electrons. The van der Waals surface area contributed by atoms with Crippen LogP contribution in [0.4, 0.5) is 0 Å². The monoisotopic (exact) mass is 379 g/mol. The third kappa shape index (κ3) is 3.45. The number of fused-ring (bicyclic) bond motifs is 1. The lowest BCUT2D eigenvalue weighted by Crippen LogP contribution is -2.39. The van der Waals surface area contributed by atoms with Gasteiger partial charge in [-0.3, -0.25) is 4.79 Å². The second-order valence-corrected chi connectivity index (χ2v) is 7.14. The normalized spacial score (nSPS) is 15.1. The molecule has 3 heterocycles. The van der Waals surface area contributed by atoms with Gasteiger partial charge < -0.3 is 10.0 Å². The largest absolute Gasteiger partial charge is 0.478 e. The number of likely N-dealkylation sites (tertiary alicyclic amines) is 1. The van der Waals surface area contributed by atoms with Gasteiger partial charge in [-0.05, 0) is 49.8 Å². The highest BCUT2D eigenvalue weighted by molar-refractivity contribution is 5.91. The van der Waals surface area contributed by atoms with Gasteiger partial charge in [-0.15, -0.1) is 5.10 Å². The Balaban J connectivity index is 1.42. The van der Waals surface area contributed by atoms with Crippen LogP contribution in [0.15, 0.2) is 36.5 Å². The number of benzene rings is 1. The first-order valence-corrected chi connectivity index (χ1v) is 9.32. The number of hydrogen-bond donors (Lipinski definition) is 1. The van der Waals surface area contributed by atoms with Crippen molar-refractivity contribution >= 4 is 17.7 Å². The second-order valence-electron chi connectivity index (χ2n) is 7.14. The quantitative estimate of drug-likeness (QED) is 0.746. The van der Waals surface area contributed by atoms with E-state index in [0.717, 1.165) is 24.1 Å². The lowest BCUT2D eigenvalue weighted by molar-refractivity contribution is 0.0678. The Morgan fingerprint density at radius 3 is 2.64 bits per heavy atom. The van der Waals surface area contributed by atoms with E-state index in [0.29, 0.717) is 36.8 Å². The maximum Gasteiger partial charge on any atom is 0.335 e. The predicted molar refractivity (Wildman–Crippen MR) is 101 cm³/mol. The highest BCUT2D eigenvalue weighted by Gasteiger charge is 2.27. The number of nitrogens with zero attached hydrogens (tertiary/aromatic N) is 5. The van der Waals surface area contributed by atoms with E-state index >= 15 is 0 Å². The third-order valence-electron chi connectivity index (χ3n) is 5.28. The minimum Gasteiger partial charge on any atom is -0.478 e. The first-order valence-electron chi connectivity index (χ1n) is 9.32. The van der Waals surface area contributed by atoms with Crippen LogP contribution in [0.5, 0.6) is 0 Å². The lowest BCUT2D eigenvalue weighted by atomic mass is 9.88. The topological polar surface area (TPSA) is 101 Å². The molecule has 0 atom stereocenters. The molecule has 1 amide bonds. The molecule has 8 heteroatoms. The molecule has 0 radical (unpaired) electrons. The van der Waals surface area contributed by atoms with Gasteiger partial charge in [0.1, 0.15) is 0 Å². The molecule has 2 aromatic heterocycles. The predicted octanol–water partition coefficient (Wildman–Crippen LogP) is 2.23. The molecule has 0 aliphatic carbocycles. The van der Waals surface area contributed by atoms with Crippen molar-refractivity contribution in [3.05, 3.63) is 59.2 Å². The number of hydrogen-bond acceptors (Lipinski definition) is 5. The Morgan fingerprint density at radius 2 is 1.93 bits per heavy atom. The molecule has 3 aromatic rings. The van der Waals surface area contributed by atoms with Gasteiger partial charge in [0.25, 0.3) is 11.7 Å². The number of carboxylic acid groups (broad SMARTS) is 1. The van der Waals surface area contributed by atoms with Crippen molar-refractivity contribution in [1.29, 1.82) is 0 Å². The van der Waals surface area contributed by atoms with E-state index in [-0.39, 0.29) is 11.7 Å². The van der Waals surface area contributed by atoms with E-state index in [9.17, 15) is 14.7 Å². The number of carbonyl (C=O) groups excluding carboxylic acids is 1. The molecule has 0 spiro atoms. The van der Waals surface area contributed by atoms with Crippen molar-refractivity contribution in [1.82, 2.24) is 24.5 Å². The van der Waals surface area contributed by atoms with E-state index in [1.54, 1.807) is 27.7 Å². The molecule has 1 saturated heterocycles. The van der Waals surface area contributed by atoms with Crippen molar-refractivity contribution < 1.29 is 14.7 Å². The van der Waals surface area contributed by atoms with E-state index < -0.39 is 5.97 Å². The number of piperidine rings is 1. The minimum absolute atomic E-state index is 0.163. The highest BCUT2D eigenvalue weighted by atomic mass is 16.4. The van der Waals surface area contributed by atoms with Crippen LogP contribution in [0.2, 0.25) is 0 Å². The first-order chi connectivity index (χ1) is 13.5. The van der Waals surface area contributed by atoms with Gasteiger partial charge in [0.05, 0.1) is 5.56 Å². The number of aromatic nitrogens is 4. The summed E-state index contributed by atoms with van der Waals surface area (Å²) in [6.45, 7) is 3.11. The molecule has 4 rings (SSSR count). The fourth-order valence-corrected chi connectivity index (χ4v) is 3.70. The Morgan fingerprint density at radius 1 is 1.18 bits per heavy atom. The molecule has 1 N–H and O–H groups in total. The first kappa shape index (κ1) is 18.1. The van der Waals surface area contributed by atoms with Gasteiger partial charge >= 0.3 is 5.97 Å². The Kier molecular flexibility index (Phi) is 4.77. The van der Waals surface area contributed by atoms with Crippen molar-refractivity contribution in [3.63, 3.8) is 0 Å². The summed E-state index contributed by atoms with van der Waals surface area (Å²) in [5.74, 6) is -0.151. The SMILES string of the molecule is Cc1ccnc2nc(C(=O)N3CCC(Cc4ccccc4C(=O)O)CC3)nn12. The number of carbonyl (C=O) groups is 2. The van der Waals surface area contributed by atoms with Crippen LogP contribution in [0.1, 0.15) is 45.1 Å². The van der Waals surface area contributed by atoms with Gasteiger partial charge in [-0.2, -0.15) is 4.98 Å². The summed E-state index contributed by atoms with van der Waals surface area (Å²) in [7, 11) is 0. The summed E-state index contributed by atoms with van der Waals surface area (Å²) < 4.78 is 1.57. The maximum atomic E-state index is 12.8. The Hall–Kier alpha value is -3.29. The third-order valence-corrected chi connectivity index (χ3v) is 5.28. The van der Waals surface area contributed by atoms with E-state index in [4.69, 9.17) is 0 Å². The Labute approximate surface area is 161 Å². The zero-order valence-corrected chi connectivity index (χ0v) is 15.6. The fourth-order valence-electron chi connectivity index (χ4n) is 3.70. The van der Waals surface area contributed by atoms with Crippen LogP contribution in [-0.2, 0) is 6.42 Å². The molecule has 0 saturated carbocycles. The summed E-state index contributed by atoms with van der Waals surface area (Å²) in [6, 6.07) is 8.94. The zero-order valence-electron chi connectivity index (χ0n) is 15.6. The zero-order chi connectivity index (χ0) is 19.7. The van der Waals surface area contributed by atoms with Crippen LogP contribution in [0.3, 0.4) is 0 Å². The van der Waals surface area contributed by atoms with Crippen LogP contribution in [0, 0.1) is 12.8 Å². The number of amides is 1. The molecular weight excluding hydrogens is 358 g/mol. The summed E-state index contributed by atoms with van der Waals surface area (Å²) in [4.78, 5) is 34.3. The molecule has 28 heavy (non-hydrogen) atoms. The number of rotatable bonds is 4. The molecule has 1 aliphatic rings. The minimum atomic E-state index is -0.898. The summed E-state index contributed by atoms with van der Waals surface area (Å²) >= 11 is 0.